The summed E-state index contributed by atoms with van der Waals surface area (Å²) < 4.78 is 7.88. The minimum absolute atomic E-state index is 0.127. The molecule has 3 N–H and O–H groups in total. The molecule has 0 bridgehead atoms. The molecule has 1 unspecified atom stereocenters. The standard InChI is InChI=1S/C22H30N8O/c1-5-23-21(29-17-12-22(2,3)31-18-9-7-6-8-15(17)18)25-11-10-24-19-16-13-28-30(4)20(16)27-14-26-19/h6-9,13-14,17H,5,10-12H2,1-4H3,(H2,23,25,29)(H,24,26,27). The van der Waals surface area contributed by atoms with Crippen LogP contribution in [0.3, 0.4) is 0 Å². The zero-order valence-corrected chi connectivity index (χ0v) is 18.5. The molecular weight excluding hydrogens is 392 g/mol. The molecule has 0 fully saturated rings. The molecule has 3 aromatic rings. The van der Waals surface area contributed by atoms with E-state index in [0.29, 0.717) is 13.1 Å². The number of fused-ring (bicyclic) bond motifs is 2. The number of hydrogen-bond acceptors (Lipinski definition) is 6. The predicted molar refractivity (Wildman–Crippen MR) is 122 cm³/mol. The predicted octanol–water partition coefficient (Wildman–Crippen LogP) is 2.63. The summed E-state index contributed by atoms with van der Waals surface area (Å²) in [4.78, 5) is 13.4. The molecule has 0 saturated heterocycles. The molecule has 9 heteroatoms. The van der Waals surface area contributed by atoms with Crippen LogP contribution in [-0.4, -0.2) is 50.9 Å². The van der Waals surface area contributed by atoms with Crippen LogP contribution >= 0.6 is 0 Å². The van der Waals surface area contributed by atoms with Crippen LogP contribution in [0.5, 0.6) is 5.75 Å². The first-order valence-electron chi connectivity index (χ1n) is 10.7. The Morgan fingerprint density at radius 3 is 2.97 bits per heavy atom. The number of nitrogens with one attached hydrogen (secondary N) is 3. The summed E-state index contributed by atoms with van der Waals surface area (Å²) in [6.07, 6.45) is 4.18. The van der Waals surface area contributed by atoms with Gasteiger partial charge in [-0.05, 0) is 26.8 Å². The van der Waals surface area contributed by atoms with Crippen molar-refractivity contribution in [3.05, 3.63) is 42.4 Å². The third kappa shape index (κ3) is 4.70. The van der Waals surface area contributed by atoms with Gasteiger partial charge in [0, 0.05) is 32.1 Å². The SMILES string of the molecule is CCNC(=NCCNc1ncnc2c1cnn2C)NC1CC(C)(C)Oc2ccccc21. The van der Waals surface area contributed by atoms with E-state index in [0.717, 1.165) is 47.1 Å². The molecule has 0 amide bonds. The smallest absolute Gasteiger partial charge is 0.191 e. The summed E-state index contributed by atoms with van der Waals surface area (Å²) in [6.45, 7) is 8.33. The van der Waals surface area contributed by atoms with E-state index in [9.17, 15) is 0 Å². The van der Waals surface area contributed by atoms with Crippen molar-refractivity contribution in [1.29, 1.82) is 0 Å². The molecule has 2 aromatic heterocycles. The lowest BCUT2D eigenvalue weighted by atomic mass is 9.90. The number of ether oxygens (including phenoxy) is 1. The molecule has 164 valence electrons. The van der Waals surface area contributed by atoms with Crippen molar-refractivity contribution in [2.75, 3.05) is 25.0 Å². The Morgan fingerprint density at radius 2 is 2.13 bits per heavy atom. The Balaban J connectivity index is 1.43. The van der Waals surface area contributed by atoms with Gasteiger partial charge < -0.3 is 20.7 Å². The highest BCUT2D eigenvalue weighted by Crippen LogP contribution is 2.39. The lowest BCUT2D eigenvalue weighted by Gasteiger charge is -2.38. The maximum Gasteiger partial charge on any atom is 0.191 e. The second-order valence-electron chi connectivity index (χ2n) is 8.22. The van der Waals surface area contributed by atoms with E-state index >= 15 is 0 Å². The van der Waals surface area contributed by atoms with Gasteiger partial charge in [0.25, 0.3) is 0 Å². The number of aryl methyl sites for hydroxylation is 1. The summed E-state index contributed by atoms with van der Waals surface area (Å²) in [5, 5.41) is 15.4. The van der Waals surface area contributed by atoms with E-state index in [1.807, 2.05) is 25.2 Å². The van der Waals surface area contributed by atoms with Crippen LogP contribution in [0.4, 0.5) is 5.82 Å². The summed E-state index contributed by atoms with van der Waals surface area (Å²) in [6, 6.07) is 8.32. The topological polar surface area (TPSA) is 101 Å². The van der Waals surface area contributed by atoms with Crippen LogP contribution in [0.2, 0.25) is 0 Å². The second kappa shape index (κ2) is 8.79. The summed E-state index contributed by atoms with van der Waals surface area (Å²) in [5.41, 5.74) is 1.72. The number of benzene rings is 1. The fourth-order valence-corrected chi connectivity index (χ4v) is 3.86. The molecule has 1 aliphatic heterocycles. The molecule has 0 radical (unpaired) electrons. The number of para-hydroxylation sites is 1. The number of hydrogen-bond donors (Lipinski definition) is 3. The average Bonchev–Trinajstić information content (AvgIpc) is 3.12. The number of anilines is 1. The molecule has 0 spiro atoms. The number of rotatable bonds is 6. The highest BCUT2D eigenvalue weighted by Gasteiger charge is 2.33. The van der Waals surface area contributed by atoms with Crippen LogP contribution in [-0.2, 0) is 7.05 Å². The number of aromatic nitrogens is 4. The molecule has 4 rings (SSSR count). The molecular formula is C22H30N8O. The van der Waals surface area contributed by atoms with E-state index in [-0.39, 0.29) is 11.6 Å². The molecule has 1 atom stereocenters. The van der Waals surface area contributed by atoms with Crippen LogP contribution in [0.1, 0.15) is 38.8 Å². The van der Waals surface area contributed by atoms with Crippen molar-refractivity contribution in [3.8, 4) is 5.75 Å². The van der Waals surface area contributed by atoms with Gasteiger partial charge in [-0.25, -0.2) is 9.97 Å². The van der Waals surface area contributed by atoms with Crippen molar-refractivity contribution >= 4 is 22.8 Å². The Bertz CT molecular complexity index is 1070. The van der Waals surface area contributed by atoms with Crippen molar-refractivity contribution in [1.82, 2.24) is 30.4 Å². The minimum Gasteiger partial charge on any atom is -0.487 e. The average molecular weight is 423 g/mol. The number of guanidine groups is 1. The molecule has 0 aliphatic carbocycles. The van der Waals surface area contributed by atoms with Gasteiger partial charge in [0.1, 0.15) is 23.5 Å². The van der Waals surface area contributed by atoms with E-state index in [1.54, 1.807) is 17.2 Å². The second-order valence-corrected chi connectivity index (χ2v) is 8.22. The van der Waals surface area contributed by atoms with Crippen molar-refractivity contribution in [2.45, 2.75) is 38.8 Å². The Morgan fingerprint density at radius 1 is 1.29 bits per heavy atom. The molecule has 3 heterocycles. The lowest BCUT2D eigenvalue weighted by Crippen LogP contribution is -2.45. The highest BCUT2D eigenvalue weighted by atomic mass is 16.5. The molecule has 31 heavy (non-hydrogen) atoms. The molecule has 9 nitrogen and oxygen atoms in total. The van der Waals surface area contributed by atoms with Gasteiger partial charge in [0.2, 0.25) is 0 Å². The monoisotopic (exact) mass is 422 g/mol. The first-order valence-corrected chi connectivity index (χ1v) is 10.7. The largest absolute Gasteiger partial charge is 0.487 e. The normalized spacial score (nSPS) is 17.7. The lowest BCUT2D eigenvalue weighted by molar-refractivity contribution is 0.0694. The minimum atomic E-state index is -0.243. The van der Waals surface area contributed by atoms with Crippen LogP contribution in [0, 0.1) is 0 Å². The van der Waals surface area contributed by atoms with Gasteiger partial charge in [-0.3, -0.25) is 9.67 Å². The quantitative estimate of drug-likeness (QED) is 0.319. The summed E-state index contributed by atoms with van der Waals surface area (Å²) in [7, 11) is 1.87. The van der Waals surface area contributed by atoms with Crippen molar-refractivity contribution in [2.24, 2.45) is 12.0 Å². The highest BCUT2D eigenvalue weighted by molar-refractivity contribution is 5.86. The Labute approximate surface area is 182 Å². The molecule has 0 saturated carbocycles. The van der Waals surface area contributed by atoms with E-state index < -0.39 is 0 Å². The van der Waals surface area contributed by atoms with Crippen LogP contribution in [0.25, 0.3) is 11.0 Å². The first-order chi connectivity index (χ1) is 15.0. The van der Waals surface area contributed by atoms with Gasteiger partial charge >= 0.3 is 0 Å². The van der Waals surface area contributed by atoms with Gasteiger partial charge in [-0.15, -0.1) is 0 Å². The summed E-state index contributed by atoms with van der Waals surface area (Å²) in [5.74, 6) is 2.49. The fourth-order valence-electron chi connectivity index (χ4n) is 3.86. The fraction of sp³-hybridized carbons (Fsp3) is 0.455. The molecule has 1 aromatic carbocycles. The van der Waals surface area contributed by atoms with E-state index in [4.69, 9.17) is 9.73 Å². The van der Waals surface area contributed by atoms with Gasteiger partial charge in [-0.1, -0.05) is 18.2 Å². The Kier molecular flexibility index (Phi) is 5.92. The summed E-state index contributed by atoms with van der Waals surface area (Å²) >= 11 is 0. The van der Waals surface area contributed by atoms with E-state index in [2.05, 4.69) is 57.9 Å². The number of aliphatic imine (C=N–C) groups is 1. The van der Waals surface area contributed by atoms with Gasteiger partial charge in [-0.2, -0.15) is 5.10 Å². The maximum atomic E-state index is 6.15. The molecule has 1 aliphatic rings. The van der Waals surface area contributed by atoms with Crippen molar-refractivity contribution < 1.29 is 4.74 Å². The first kappa shape index (κ1) is 20.9. The zero-order valence-electron chi connectivity index (χ0n) is 18.5. The van der Waals surface area contributed by atoms with Gasteiger partial charge in [0.15, 0.2) is 11.6 Å². The zero-order chi connectivity index (χ0) is 21.8. The van der Waals surface area contributed by atoms with Crippen molar-refractivity contribution in [3.63, 3.8) is 0 Å². The maximum absolute atomic E-state index is 6.15. The third-order valence-corrected chi connectivity index (χ3v) is 5.24. The number of nitrogens with zero attached hydrogens (tertiary/aromatic N) is 5. The Hall–Kier alpha value is -3.36. The van der Waals surface area contributed by atoms with Crippen LogP contribution in [0.15, 0.2) is 41.8 Å². The van der Waals surface area contributed by atoms with Crippen LogP contribution < -0.4 is 20.7 Å². The third-order valence-electron chi connectivity index (χ3n) is 5.24. The van der Waals surface area contributed by atoms with E-state index in [1.165, 1.54) is 0 Å². The van der Waals surface area contributed by atoms with Gasteiger partial charge in [0.05, 0.1) is 24.2 Å².